The number of hydrogen-bond donors (Lipinski definition) is 1. The van der Waals surface area contributed by atoms with Gasteiger partial charge in [-0.05, 0) is 31.0 Å². The molecule has 128 valence electrons. The lowest BCUT2D eigenvalue weighted by atomic mass is 10.2. The summed E-state index contributed by atoms with van der Waals surface area (Å²) in [5.41, 5.74) is 2.64. The first-order valence-corrected chi connectivity index (χ1v) is 9.13. The van der Waals surface area contributed by atoms with Crippen LogP contribution in [0.25, 0.3) is 0 Å². The lowest BCUT2D eigenvalue weighted by molar-refractivity contribution is -0.129. The van der Waals surface area contributed by atoms with Crippen LogP contribution in [0.3, 0.4) is 0 Å². The number of sulfonamides is 1. The molecule has 24 heavy (non-hydrogen) atoms. The van der Waals surface area contributed by atoms with Crippen LogP contribution >= 0.6 is 0 Å². The van der Waals surface area contributed by atoms with Gasteiger partial charge in [-0.1, -0.05) is 48.0 Å². The lowest BCUT2D eigenvalue weighted by Crippen LogP contribution is -2.38. The summed E-state index contributed by atoms with van der Waals surface area (Å²) >= 11 is 0. The molecule has 2 rings (SSSR count). The molecule has 6 heteroatoms. The molecule has 0 fully saturated rings. The average Bonchev–Trinajstić information content (AvgIpc) is 2.53. The van der Waals surface area contributed by atoms with E-state index in [1.807, 2.05) is 37.3 Å². The molecular weight excluding hydrogens is 324 g/mol. The van der Waals surface area contributed by atoms with E-state index in [1.165, 1.54) is 4.90 Å². The topological polar surface area (TPSA) is 66.5 Å². The van der Waals surface area contributed by atoms with Crippen LogP contribution in [-0.4, -0.2) is 32.8 Å². The second-order valence-electron chi connectivity index (χ2n) is 5.83. The first-order chi connectivity index (χ1) is 11.3. The summed E-state index contributed by atoms with van der Waals surface area (Å²) in [5.74, 6) is -0.285. The minimum Gasteiger partial charge on any atom is -0.340 e. The van der Waals surface area contributed by atoms with Crippen molar-refractivity contribution in [1.82, 2.24) is 9.62 Å². The Hall–Kier alpha value is -2.18. The third-order valence-electron chi connectivity index (χ3n) is 3.72. The maximum atomic E-state index is 12.4. The maximum absolute atomic E-state index is 12.4. The second-order valence-corrected chi connectivity index (χ2v) is 7.56. The lowest BCUT2D eigenvalue weighted by Gasteiger charge is -2.18. The van der Waals surface area contributed by atoms with Gasteiger partial charge in [0.05, 0.1) is 11.4 Å². The molecule has 0 heterocycles. The summed E-state index contributed by atoms with van der Waals surface area (Å²) < 4.78 is 27.1. The van der Waals surface area contributed by atoms with Crippen molar-refractivity contribution >= 4 is 15.9 Å². The quantitative estimate of drug-likeness (QED) is 0.872. The fourth-order valence-electron chi connectivity index (χ4n) is 2.42. The molecule has 0 unspecified atom stereocenters. The van der Waals surface area contributed by atoms with E-state index in [2.05, 4.69) is 4.72 Å². The molecule has 0 aliphatic heterocycles. The molecule has 1 N–H and O–H groups in total. The van der Waals surface area contributed by atoms with E-state index < -0.39 is 10.0 Å². The highest BCUT2D eigenvalue weighted by molar-refractivity contribution is 7.89. The highest BCUT2D eigenvalue weighted by Crippen LogP contribution is 2.16. The van der Waals surface area contributed by atoms with Crippen LogP contribution in [0.1, 0.15) is 16.7 Å². The molecule has 0 spiro atoms. The first kappa shape index (κ1) is 18.2. The van der Waals surface area contributed by atoms with Gasteiger partial charge < -0.3 is 4.90 Å². The van der Waals surface area contributed by atoms with Crippen LogP contribution in [0.15, 0.2) is 53.4 Å². The first-order valence-electron chi connectivity index (χ1n) is 7.64. The highest BCUT2D eigenvalue weighted by Gasteiger charge is 2.19. The second kappa shape index (κ2) is 7.59. The zero-order valence-corrected chi connectivity index (χ0v) is 14.9. The van der Waals surface area contributed by atoms with Gasteiger partial charge >= 0.3 is 0 Å². The molecule has 1 amide bonds. The Morgan fingerprint density at radius 2 is 1.75 bits per heavy atom. The summed E-state index contributed by atoms with van der Waals surface area (Å²) in [4.78, 5) is 13.9. The third kappa shape index (κ3) is 4.66. The molecule has 0 saturated heterocycles. The highest BCUT2D eigenvalue weighted by atomic mass is 32.2. The summed E-state index contributed by atoms with van der Waals surface area (Å²) in [6, 6.07) is 14.7. The van der Waals surface area contributed by atoms with Crippen molar-refractivity contribution < 1.29 is 13.2 Å². The van der Waals surface area contributed by atoms with Crippen molar-refractivity contribution in [3.8, 4) is 0 Å². The molecule has 0 bridgehead atoms. The summed E-state index contributed by atoms with van der Waals surface area (Å²) in [5, 5.41) is 0. The van der Waals surface area contributed by atoms with Crippen LogP contribution in [0.4, 0.5) is 0 Å². The number of nitrogens with zero attached hydrogens (tertiary/aromatic N) is 1. The molecule has 5 nitrogen and oxygen atoms in total. The van der Waals surface area contributed by atoms with Crippen molar-refractivity contribution in [2.24, 2.45) is 0 Å². The number of hydrogen-bond acceptors (Lipinski definition) is 3. The van der Waals surface area contributed by atoms with E-state index in [0.29, 0.717) is 12.1 Å². The standard InChI is InChI=1S/C18H22N2O3S/c1-14-9-10-17(15(2)11-14)24(22,23)19-12-18(21)20(3)13-16-7-5-4-6-8-16/h4-11,19H,12-13H2,1-3H3. The molecule has 2 aromatic carbocycles. The van der Waals surface area contributed by atoms with E-state index in [0.717, 1.165) is 11.1 Å². The Morgan fingerprint density at radius 3 is 2.38 bits per heavy atom. The van der Waals surface area contributed by atoms with Crippen molar-refractivity contribution in [3.05, 3.63) is 65.2 Å². The SMILES string of the molecule is Cc1ccc(S(=O)(=O)NCC(=O)N(C)Cc2ccccc2)c(C)c1. The summed E-state index contributed by atoms with van der Waals surface area (Å²) in [6.45, 7) is 3.81. The van der Waals surface area contributed by atoms with E-state index in [1.54, 1.807) is 32.2 Å². The van der Waals surface area contributed by atoms with Crippen LogP contribution in [0.5, 0.6) is 0 Å². The molecule has 2 aromatic rings. The van der Waals surface area contributed by atoms with Gasteiger partial charge in [0.1, 0.15) is 0 Å². The fraction of sp³-hybridized carbons (Fsp3) is 0.278. The van der Waals surface area contributed by atoms with Crippen molar-refractivity contribution in [2.75, 3.05) is 13.6 Å². The van der Waals surface area contributed by atoms with Gasteiger partial charge in [0.25, 0.3) is 0 Å². The van der Waals surface area contributed by atoms with Gasteiger partial charge in [-0.2, -0.15) is 0 Å². The number of carbonyl (C=O) groups is 1. The number of rotatable bonds is 6. The Labute approximate surface area is 143 Å². The Morgan fingerprint density at radius 1 is 1.08 bits per heavy atom. The van der Waals surface area contributed by atoms with Crippen molar-refractivity contribution in [2.45, 2.75) is 25.3 Å². The van der Waals surface area contributed by atoms with Gasteiger partial charge in [-0.3, -0.25) is 4.79 Å². The fourth-order valence-corrected chi connectivity index (χ4v) is 3.61. The number of likely N-dealkylation sites (N-methyl/N-ethyl adjacent to an activating group) is 1. The molecule has 0 aromatic heterocycles. The molecule has 0 radical (unpaired) electrons. The normalized spacial score (nSPS) is 11.3. The minimum absolute atomic E-state index is 0.201. The molecule has 0 saturated carbocycles. The van der Waals surface area contributed by atoms with Gasteiger partial charge in [0.2, 0.25) is 15.9 Å². The van der Waals surface area contributed by atoms with Crippen molar-refractivity contribution in [1.29, 1.82) is 0 Å². The van der Waals surface area contributed by atoms with Gasteiger partial charge in [-0.25, -0.2) is 13.1 Å². The van der Waals surface area contributed by atoms with Gasteiger partial charge in [0.15, 0.2) is 0 Å². The van der Waals surface area contributed by atoms with Gasteiger partial charge in [-0.15, -0.1) is 0 Å². The largest absolute Gasteiger partial charge is 0.340 e. The number of nitrogens with one attached hydrogen (secondary N) is 1. The predicted molar refractivity (Wildman–Crippen MR) is 94.0 cm³/mol. The van der Waals surface area contributed by atoms with Crippen LogP contribution in [0.2, 0.25) is 0 Å². The van der Waals surface area contributed by atoms with Crippen LogP contribution in [-0.2, 0) is 21.4 Å². The third-order valence-corrected chi connectivity index (χ3v) is 5.28. The number of carbonyl (C=O) groups excluding carboxylic acids is 1. The monoisotopic (exact) mass is 346 g/mol. The van der Waals surface area contributed by atoms with Crippen molar-refractivity contribution in [3.63, 3.8) is 0 Å². The Kier molecular flexibility index (Phi) is 5.75. The molecule has 0 aliphatic rings. The zero-order valence-electron chi connectivity index (χ0n) is 14.1. The number of benzene rings is 2. The number of aryl methyl sites for hydroxylation is 2. The van der Waals surface area contributed by atoms with E-state index in [-0.39, 0.29) is 17.3 Å². The average molecular weight is 346 g/mol. The molecule has 0 atom stereocenters. The molecule has 0 aliphatic carbocycles. The Balaban J connectivity index is 1.99. The smallest absolute Gasteiger partial charge is 0.241 e. The predicted octanol–water partition coefficient (Wildman–Crippen LogP) is 2.24. The number of amides is 1. The summed E-state index contributed by atoms with van der Waals surface area (Å²) in [7, 11) is -2.05. The van der Waals surface area contributed by atoms with E-state index >= 15 is 0 Å². The Bertz CT molecular complexity index is 817. The maximum Gasteiger partial charge on any atom is 0.241 e. The van der Waals surface area contributed by atoms with E-state index in [9.17, 15) is 13.2 Å². The van der Waals surface area contributed by atoms with Crippen LogP contribution < -0.4 is 4.72 Å². The van der Waals surface area contributed by atoms with E-state index in [4.69, 9.17) is 0 Å². The molecular formula is C18H22N2O3S. The zero-order chi connectivity index (χ0) is 17.7. The minimum atomic E-state index is -3.71. The van der Waals surface area contributed by atoms with Gasteiger partial charge in [0, 0.05) is 13.6 Å². The summed E-state index contributed by atoms with van der Waals surface area (Å²) in [6.07, 6.45) is 0. The van der Waals surface area contributed by atoms with Crippen LogP contribution in [0, 0.1) is 13.8 Å².